The van der Waals surface area contributed by atoms with Crippen LogP contribution in [0.1, 0.15) is 42.9 Å². The van der Waals surface area contributed by atoms with Gasteiger partial charge in [0.25, 0.3) is 11.6 Å². The van der Waals surface area contributed by atoms with Crippen molar-refractivity contribution in [1.82, 2.24) is 10.3 Å². The Morgan fingerprint density at radius 2 is 1.96 bits per heavy atom. The molecule has 10 heteroatoms. The monoisotopic (exact) mass is 429 g/mol. The van der Waals surface area contributed by atoms with Crippen molar-refractivity contribution in [2.45, 2.75) is 32.4 Å². The molecule has 0 saturated carbocycles. The number of hydrogen-bond donors (Lipinski definition) is 3. The van der Waals surface area contributed by atoms with Crippen molar-refractivity contribution in [1.29, 1.82) is 0 Å². The second-order valence-corrected chi connectivity index (χ2v) is 6.78. The number of rotatable bonds is 7. The summed E-state index contributed by atoms with van der Waals surface area (Å²) in [5, 5.41) is 17.2. The molecule has 28 heavy (non-hydrogen) atoms. The predicted molar refractivity (Wildman–Crippen MR) is 114 cm³/mol. The molecule has 1 aromatic heterocycles. The van der Waals surface area contributed by atoms with Gasteiger partial charge in [-0.1, -0.05) is 6.07 Å². The number of aromatic nitrogens is 1. The molecule has 0 radical (unpaired) electrons. The lowest BCUT2D eigenvalue weighted by Crippen LogP contribution is -2.45. The highest BCUT2D eigenvalue weighted by Crippen LogP contribution is 2.28. The molecular formula is C18H25Cl2N5O3. The standard InChI is InChI=1S/C18H23N5O3.2ClH/c1-12(14-6-4-5-9-20-14)22-15-8-7-13(10-16(15)23(25)26)17(24)21-11-18(2,3)19;;/h4-10,12,22H,11,19H2,1-3H3,(H,21,24);2*1H. The third kappa shape index (κ3) is 7.30. The number of nitro groups is 1. The second-order valence-electron chi connectivity index (χ2n) is 6.78. The van der Waals surface area contributed by atoms with Gasteiger partial charge < -0.3 is 16.4 Å². The normalized spacial score (nSPS) is 11.4. The van der Waals surface area contributed by atoms with E-state index in [1.54, 1.807) is 32.2 Å². The van der Waals surface area contributed by atoms with Crippen LogP contribution in [0.15, 0.2) is 42.6 Å². The van der Waals surface area contributed by atoms with E-state index >= 15 is 0 Å². The molecular weight excluding hydrogens is 405 g/mol. The van der Waals surface area contributed by atoms with Gasteiger partial charge in [-0.3, -0.25) is 19.9 Å². The number of halogens is 2. The van der Waals surface area contributed by atoms with Crippen molar-refractivity contribution < 1.29 is 9.72 Å². The van der Waals surface area contributed by atoms with Gasteiger partial charge >= 0.3 is 0 Å². The molecule has 0 saturated heterocycles. The van der Waals surface area contributed by atoms with Crippen molar-refractivity contribution >= 4 is 42.1 Å². The van der Waals surface area contributed by atoms with Gasteiger partial charge in [-0.15, -0.1) is 24.8 Å². The summed E-state index contributed by atoms with van der Waals surface area (Å²) >= 11 is 0. The van der Waals surface area contributed by atoms with E-state index in [-0.39, 0.29) is 48.7 Å². The minimum Gasteiger partial charge on any atom is -0.371 e. The molecule has 0 aliphatic rings. The van der Waals surface area contributed by atoms with Crippen LogP contribution < -0.4 is 16.4 Å². The van der Waals surface area contributed by atoms with Crippen LogP contribution in [0.4, 0.5) is 11.4 Å². The highest BCUT2D eigenvalue weighted by atomic mass is 35.5. The fourth-order valence-electron chi connectivity index (χ4n) is 2.30. The van der Waals surface area contributed by atoms with Gasteiger partial charge in [0.15, 0.2) is 0 Å². The maximum Gasteiger partial charge on any atom is 0.293 e. The number of nitrogens with two attached hydrogens (primary N) is 1. The number of carbonyl (C=O) groups is 1. The van der Waals surface area contributed by atoms with Crippen LogP contribution in [0.3, 0.4) is 0 Å². The smallest absolute Gasteiger partial charge is 0.293 e. The Balaban J connectivity index is 0.00000364. The van der Waals surface area contributed by atoms with E-state index in [4.69, 9.17) is 5.73 Å². The lowest BCUT2D eigenvalue weighted by Gasteiger charge is -2.19. The average Bonchev–Trinajstić information content (AvgIpc) is 2.59. The molecule has 1 aromatic carbocycles. The minimum atomic E-state index is -0.568. The number of nitrogens with zero attached hydrogens (tertiary/aromatic N) is 2. The number of amides is 1. The van der Waals surface area contributed by atoms with Gasteiger partial charge in [-0.25, -0.2) is 0 Å². The van der Waals surface area contributed by atoms with E-state index < -0.39 is 16.4 Å². The summed E-state index contributed by atoms with van der Waals surface area (Å²) in [6.07, 6.45) is 1.66. The third-order valence-electron chi connectivity index (χ3n) is 3.66. The second kappa shape index (κ2) is 10.8. The molecule has 1 unspecified atom stereocenters. The van der Waals surface area contributed by atoms with Gasteiger partial charge in [0.05, 0.1) is 16.7 Å². The highest BCUT2D eigenvalue weighted by molar-refractivity contribution is 5.95. The maximum atomic E-state index is 12.2. The summed E-state index contributed by atoms with van der Waals surface area (Å²) in [5.74, 6) is -0.407. The van der Waals surface area contributed by atoms with E-state index in [0.29, 0.717) is 5.69 Å². The van der Waals surface area contributed by atoms with E-state index in [1.165, 1.54) is 12.1 Å². The van der Waals surface area contributed by atoms with Gasteiger partial charge in [0.1, 0.15) is 5.69 Å². The summed E-state index contributed by atoms with van der Waals surface area (Å²) in [7, 11) is 0. The highest BCUT2D eigenvalue weighted by Gasteiger charge is 2.20. The fraction of sp³-hybridized carbons (Fsp3) is 0.333. The lowest BCUT2D eigenvalue weighted by atomic mass is 10.1. The number of benzene rings is 1. The van der Waals surface area contributed by atoms with Crippen LogP contribution in [-0.2, 0) is 0 Å². The SMILES string of the molecule is CC(Nc1ccc(C(=O)NCC(C)(C)N)cc1[N+](=O)[O-])c1ccccn1.Cl.Cl. The van der Waals surface area contributed by atoms with Crippen molar-refractivity contribution in [3.63, 3.8) is 0 Å². The zero-order chi connectivity index (χ0) is 19.3. The third-order valence-corrected chi connectivity index (χ3v) is 3.66. The largest absolute Gasteiger partial charge is 0.371 e. The average molecular weight is 430 g/mol. The number of nitrogens with one attached hydrogen (secondary N) is 2. The molecule has 2 rings (SSSR count). The Morgan fingerprint density at radius 3 is 2.50 bits per heavy atom. The molecule has 0 aliphatic carbocycles. The molecule has 4 N–H and O–H groups in total. The molecule has 0 spiro atoms. The Morgan fingerprint density at radius 1 is 1.29 bits per heavy atom. The molecule has 2 aromatic rings. The summed E-state index contributed by atoms with van der Waals surface area (Å²) in [6, 6.07) is 9.58. The predicted octanol–water partition coefficient (Wildman–Crippen LogP) is 3.47. The molecule has 1 amide bonds. The summed E-state index contributed by atoms with van der Waals surface area (Å²) in [6.45, 7) is 5.68. The van der Waals surface area contributed by atoms with Crippen LogP contribution in [0, 0.1) is 10.1 Å². The molecule has 0 fully saturated rings. The summed E-state index contributed by atoms with van der Waals surface area (Å²) < 4.78 is 0. The molecule has 8 nitrogen and oxygen atoms in total. The quantitative estimate of drug-likeness (QED) is 0.457. The number of hydrogen-bond acceptors (Lipinski definition) is 6. The van der Waals surface area contributed by atoms with Gasteiger partial charge in [0, 0.05) is 29.9 Å². The minimum absolute atomic E-state index is 0. The summed E-state index contributed by atoms with van der Waals surface area (Å²) in [5.41, 5.74) is 6.38. The number of nitro benzene ring substituents is 1. The number of carbonyl (C=O) groups excluding carboxylic acids is 1. The Labute approximate surface area is 176 Å². The van der Waals surface area contributed by atoms with E-state index in [0.717, 1.165) is 5.69 Å². The van der Waals surface area contributed by atoms with Crippen molar-refractivity contribution in [2.75, 3.05) is 11.9 Å². The van der Waals surface area contributed by atoms with Crippen LogP contribution in [0.2, 0.25) is 0 Å². The first kappa shape index (κ1) is 25.6. The molecule has 0 aliphatic heterocycles. The Kier molecular flexibility index (Phi) is 9.86. The van der Waals surface area contributed by atoms with Gasteiger partial charge in [-0.05, 0) is 45.0 Å². The van der Waals surface area contributed by atoms with Crippen molar-refractivity contribution in [3.8, 4) is 0 Å². The van der Waals surface area contributed by atoms with E-state index in [1.807, 2.05) is 19.1 Å². The first-order valence-corrected chi connectivity index (χ1v) is 8.20. The molecule has 154 valence electrons. The molecule has 1 atom stereocenters. The Hall–Kier alpha value is -2.42. The van der Waals surface area contributed by atoms with Gasteiger partial charge in [0.2, 0.25) is 0 Å². The fourth-order valence-corrected chi connectivity index (χ4v) is 2.30. The van der Waals surface area contributed by atoms with Gasteiger partial charge in [-0.2, -0.15) is 0 Å². The zero-order valence-electron chi connectivity index (χ0n) is 15.8. The van der Waals surface area contributed by atoms with Crippen LogP contribution in [-0.4, -0.2) is 27.9 Å². The first-order valence-electron chi connectivity index (χ1n) is 8.20. The summed E-state index contributed by atoms with van der Waals surface area (Å²) in [4.78, 5) is 27.3. The Bertz CT molecular complexity index is 798. The van der Waals surface area contributed by atoms with Crippen molar-refractivity contribution in [2.24, 2.45) is 5.73 Å². The zero-order valence-corrected chi connectivity index (χ0v) is 17.5. The molecule has 0 bridgehead atoms. The number of pyridine rings is 1. The first-order chi connectivity index (χ1) is 12.2. The van der Waals surface area contributed by atoms with E-state index in [2.05, 4.69) is 15.6 Å². The van der Waals surface area contributed by atoms with Crippen LogP contribution in [0.25, 0.3) is 0 Å². The van der Waals surface area contributed by atoms with Crippen LogP contribution >= 0.6 is 24.8 Å². The lowest BCUT2D eigenvalue weighted by molar-refractivity contribution is -0.384. The molecule has 1 heterocycles. The maximum absolute atomic E-state index is 12.2. The van der Waals surface area contributed by atoms with Crippen molar-refractivity contribution in [3.05, 3.63) is 64.0 Å². The topological polar surface area (TPSA) is 123 Å². The number of anilines is 1. The van der Waals surface area contributed by atoms with E-state index in [9.17, 15) is 14.9 Å². The van der Waals surface area contributed by atoms with Crippen LogP contribution in [0.5, 0.6) is 0 Å².